The summed E-state index contributed by atoms with van der Waals surface area (Å²) in [6.07, 6.45) is 11.0. The van der Waals surface area contributed by atoms with Gasteiger partial charge in [-0.25, -0.2) is 8.42 Å². The fourth-order valence-corrected chi connectivity index (χ4v) is 5.48. The quantitative estimate of drug-likeness (QED) is 0.670. The van der Waals surface area contributed by atoms with Crippen molar-refractivity contribution in [2.45, 2.75) is 49.6 Å². The van der Waals surface area contributed by atoms with Crippen LogP contribution in [-0.4, -0.2) is 50.4 Å². The normalized spacial score (nSPS) is 25.5. The average molecular weight is 441 g/mol. The van der Waals surface area contributed by atoms with Crippen LogP contribution >= 0.6 is 0 Å². The Morgan fingerprint density at radius 2 is 1.97 bits per heavy atom. The zero-order valence-corrected chi connectivity index (χ0v) is 19.4. The third-order valence-electron chi connectivity index (χ3n) is 6.90. The topological polar surface area (TPSA) is 59.5 Å². The Morgan fingerprint density at radius 3 is 2.58 bits per heavy atom. The largest absolute Gasteiger partial charge is 0.377 e. The number of benzene rings is 1. The molecule has 0 bridgehead atoms. The van der Waals surface area contributed by atoms with Gasteiger partial charge in [0.2, 0.25) is 0 Å². The molecule has 2 fully saturated rings. The molecule has 1 aromatic heterocycles. The molecule has 2 atom stereocenters. The van der Waals surface area contributed by atoms with Crippen molar-refractivity contribution in [3.8, 4) is 0 Å². The van der Waals surface area contributed by atoms with Crippen molar-refractivity contribution in [1.29, 1.82) is 0 Å². The number of hydrogen-bond donors (Lipinski definition) is 0. The Labute approximate surface area is 186 Å². The highest BCUT2D eigenvalue weighted by molar-refractivity contribution is 7.90. The minimum Gasteiger partial charge on any atom is -0.377 e. The lowest BCUT2D eigenvalue weighted by molar-refractivity contribution is 0.0221. The van der Waals surface area contributed by atoms with E-state index in [9.17, 15) is 8.42 Å². The van der Waals surface area contributed by atoms with Gasteiger partial charge in [0.15, 0.2) is 9.84 Å². The zero-order valence-electron chi connectivity index (χ0n) is 18.6. The second-order valence-electron chi connectivity index (χ2n) is 9.35. The first kappa shape index (κ1) is 22.2. The van der Waals surface area contributed by atoms with Gasteiger partial charge in [-0.15, -0.1) is 0 Å². The maximum atomic E-state index is 11.7. The van der Waals surface area contributed by atoms with Gasteiger partial charge in [-0.2, -0.15) is 0 Å². The molecular weight excluding hydrogens is 408 g/mol. The number of aromatic nitrogens is 1. The summed E-state index contributed by atoms with van der Waals surface area (Å²) in [6.45, 7) is 7.22. The fourth-order valence-electron chi connectivity index (χ4n) is 4.85. The lowest BCUT2D eigenvalue weighted by atomic mass is 9.79. The fraction of sp³-hybridized carbons (Fsp3) is 0.480. The summed E-state index contributed by atoms with van der Waals surface area (Å²) in [5, 5.41) is 0. The molecule has 2 saturated heterocycles. The molecule has 0 saturated carbocycles. The standard InChI is InChI=1S/C25H32N2O3S/c1-24(2,22-7-4-5-16-26-22)27-17-15-25(19-27,23-8-6-18-30-23)14-13-20-9-11-21(12-10-20)31(3,28)29/h4-5,7,9-14,16,23H,6,8,15,17-19H2,1-3H3/b14-13+/t23?,25-/m0/s1. The minimum absolute atomic E-state index is 0.0575. The van der Waals surface area contributed by atoms with E-state index in [1.807, 2.05) is 30.5 Å². The molecule has 1 aromatic carbocycles. The van der Waals surface area contributed by atoms with Gasteiger partial charge in [0.05, 0.1) is 22.2 Å². The van der Waals surface area contributed by atoms with Gasteiger partial charge < -0.3 is 4.74 Å². The summed E-state index contributed by atoms with van der Waals surface area (Å²) in [5.41, 5.74) is 1.87. The number of likely N-dealkylation sites (tertiary alicyclic amines) is 1. The predicted molar refractivity (Wildman–Crippen MR) is 123 cm³/mol. The van der Waals surface area contributed by atoms with Gasteiger partial charge >= 0.3 is 0 Å². The molecule has 2 aliphatic heterocycles. The van der Waals surface area contributed by atoms with Crippen LogP contribution in [0.2, 0.25) is 0 Å². The number of hydrogen-bond acceptors (Lipinski definition) is 5. The van der Waals surface area contributed by atoms with Crippen molar-refractivity contribution in [2.75, 3.05) is 26.0 Å². The van der Waals surface area contributed by atoms with E-state index >= 15 is 0 Å². The molecule has 6 heteroatoms. The molecule has 0 spiro atoms. The van der Waals surface area contributed by atoms with Crippen molar-refractivity contribution in [3.63, 3.8) is 0 Å². The summed E-state index contributed by atoms with van der Waals surface area (Å²) >= 11 is 0. The van der Waals surface area contributed by atoms with E-state index in [-0.39, 0.29) is 17.1 Å². The summed E-state index contributed by atoms with van der Waals surface area (Å²) in [6, 6.07) is 13.2. The van der Waals surface area contributed by atoms with Crippen LogP contribution < -0.4 is 0 Å². The van der Waals surface area contributed by atoms with Crippen LogP contribution in [0, 0.1) is 5.41 Å². The summed E-state index contributed by atoms with van der Waals surface area (Å²) in [5.74, 6) is 0. The van der Waals surface area contributed by atoms with Gasteiger partial charge in [-0.3, -0.25) is 9.88 Å². The van der Waals surface area contributed by atoms with Crippen molar-refractivity contribution < 1.29 is 13.2 Å². The van der Waals surface area contributed by atoms with Gasteiger partial charge in [-0.05, 0) is 62.9 Å². The summed E-state index contributed by atoms with van der Waals surface area (Å²) < 4.78 is 29.7. The molecule has 2 aromatic rings. The van der Waals surface area contributed by atoms with Crippen molar-refractivity contribution in [2.24, 2.45) is 5.41 Å². The highest BCUT2D eigenvalue weighted by Crippen LogP contribution is 2.45. The molecular formula is C25H32N2O3S. The maximum absolute atomic E-state index is 11.7. The second-order valence-corrected chi connectivity index (χ2v) is 11.4. The van der Waals surface area contributed by atoms with E-state index in [2.05, 4.69) is 41.9 Å². The molecule has 31 heavy (non-hydrogen) atoms. The van der Waals surface area contributed by atoms with Crippen molar-refractivity contribution in [1.82, 2.24) is 9.88 Å². The SMILES string of the molecule is CC(C)(c1ccccn1)N1CC[C@](/C=C/c2ccc(S(C)(=O)=O)cc2)(C2CCCO2)C1. The third kappa shape index (κ3) is 4.61. The highest BCUT2D eigenvalue weighted by atomic mass is 32.2. The minimum atomic E-state index is -3.18. The van der Waals surface area contributed by atoms with Crippen molar-refractivity contribution >= 4 is 15.9 Å². The first-order valence-corrected chi connectivity index (χ1v) is 12.9. The third-order valence-corrected chi connectivity index (χ3v) is 8.03. The van der Waals surface area contributed by atoms with E-state index in [1.165, 1.54) is 6.26 Å². The molecule has 5 nitrogen and oxygen atoms in total. The van der Waals surface area contributed by atoms with Crippen LogP contribution in [-0.2, 0) is 20.1 Å². The number of rotatable bonds is 6. The first-order chi connectivity index (χ1) is 14.7. The van der Waals surface area contributed by atoms with Crippen LogP contribution in [0.1, 0.15) is 44.4 Å². The van der Waals surface area contributed by atoms with E-state index in [0.717, 1.165) is 50.2 Å². The van der Waals surface area contributed by atoms with E-state index in [0.29, 0.717) is 4.90 Å². The number of pyridine rings is 1. The molecule has 0 N–H and O–H groups in total. The molecule has 0 radical (unpaired) electrons. The Morgan fingerprint density at radius 1 is 1.19 bits per heavy atom. The van der Waals surface area contributed by atoms with Gasteiger partial charge in [0.25, 0.3) is 0 Å². The molecule has 166 valence electrons. The Bertz CT molecular complexity index is 1030. The zero-order chi connectivity index (χ0) is 22.1. The lowest BCUT2D eigenvalue weighted by Crippen LogP contribution is -2.44. The van der Waals surface area contributed by atoms with Crippen LogP contribution in [0.15, 0.2) is 59.6 Å². The van der Waals surface area contributed by atoms with Crippen LogP contribution in [0.25, 0.3) is 6.08 Å². The first-order valence-electron chi connectivity index (χ1n) is 11.0. The molecule has 1 unspecified atom stereocenters. The van der Waals surface area contributed by atoms with Gasteiger partial charge in [0.1, 0.15) is 0 Å². The lowest BCUT2D eigenvalue weighted by Gasteiger charge is -2.38. The molecule has 2 aliphatic rings. The monoisotopic (exact) mass is 440 g/mol. The van der Waals surface area contributed by atoms with E-state index in [1.54, 1.807) is 12.1 Å². The Balaban J connectivity index is 1.59. The summed E-state index contributed by atoms with van der Waals surface area (Å²) in [7, 11) is -3.18. The Kier molecular flexibility index (Phi) is 6.08. The highest BCUT2D eigenvalue weighted by Gasteiger charge is 2.48. The molecule has 3 heterocycles. The predicted octanol–water partition coefficient (Wildman–Crippen LogP) is 4.30. The van der Waals surface area contributed by atoms with Crippen LogP contribution in [0.3, 0.4) is 0 Å². The van der Waals surface area contributed by atoms with E-state index < -0.39 is 9.84 Å². The van der Waals surface area contributed by atoms with Crippen LogP contribution in [0.5, 0.6) is 0 Å². The average Bonchev–Trinajstić information content (AvgIpc) is 3.44. The van der Waals surface area contributed by atoms with Gasteiger partial charge in [0, 0.05) is 37.6 Å². The van der Waals surface area contributed by atoms with E-state index in [4.69, 9.17) is 4.74 Å². The smallest absolute Gasteiger partial charge is 0.175 e. The summed E-state index contributed by atoms with van der Waals surface area (Å²) in [4.78, 5) is 7.49. The second kappa shape index (κ2) is 8.49. The molecule has 0 aliphatic carbocycles. The Hall–Kier alpha value is -2.02. The maximum Gasteiger partial charge on any atom is 0.175 e. The van der Waals surface area contributed by atoms with Gasteiger partial charge in [-0.1, -0.05) is 30.4 Å². The number of sulfone groups is 1. The number of ether oxygens (including phenoxy) is 1. The number of nitrogens with zero attached hydrogens (tertiary/aromatic N) is 2. The molecule has 0 amide bonds. The molecule has 4 rings (SSSR count). The van der Waals surface area contributed by atoms with Crippen molar-refractivity contribution in [3.05, 3.63) is 66.0 Å². The van der Waals surface area contributed by atoms with Crippen LogP contribution in [0.4, 0.5) is 0 Å².